The van der Waals surface area contributed by atoms with E-state index in [0.717, 1.165) is 10.9 Å². The Kier molecular flexibility index (Phi) is 5.44. The summed E-state index contributed by atoms with van der Waals surface area (Å²) in [5, 5.41) is 3.74. The van der Waals surface area contributed by atoms with Crippen LogP contribution < -0.4 is 9.62 Å². The van der Waals surface area contributed by atoms with E-state index in [4.69, 9.17) is 0 Å². The van der Waals surface area contributed by atoms with E-state index < -0.39 is 15.9 Å². The van der Waals surface area contributed by atoms with Crippen LogP contribution in [0.3, 0.4) is 0 Å². The number of carbonyl (C=O) groups is 1. The molecule has 1 heterocycles. The van der Waals surface area contributed by atoms with Gasteiger partial charge in [0, 0.05) is 24.2 Å². The number of amides is 1. The Morgan fingerprint density at radius 3 is 2.42 bits per heavy atom. The van der Waals surface area contributed by atoms with Gasteiger partial charge in [0.25, 0.3) is 15.9 Å². The predicted molar refractivity (Wildman–Crippen MR) is 123 cm³/mol. The summed E-state index contributed by atoms with van der Waals surface area (Å²) in [4.78, 5) is 17.2. The maximum atomic E-state index is 13.1. The molecule has 3 aromatic carbocycles. The first-order valence-corrected chi connectivity index (χ1v) is 11.1. The minimum absolute atomic E-state index is 0.0410. The molecule has 0 saturated heterocycles. The lowest BCUT2D eigenvalue weighted by atomic mass is 10.1. The van der Waals surface area contributed by atoms with Crippen LogP contribution in [0.2, 0.25) is 0 Å². The maximum absolute atomic E-state index is 13.1. The van der Waals surface area contributed by atoms with Crippen molar-refractivity contribution >= 4 is 38.2 Å². The fourth-order valence-electron chi connectivity index (χ4n) is 3.25. The lowest BCUT2D eigenvalue weighted by molar-refractivity contribution is 0.102. The summed E-state index contributed by atoms with van der Waals surface area (Å²) in [5.41, 5.74) is 3.05. The quantitative estimate of drug-likeness (QED) is 0.500. The number of nitrogens with one attached hydrogen (secondary N) is 1. The average molecular weight is 432 g/mol. The topological polar surface area (TPSA) is 79.4 Å². The highest BCUT2D eigenvalue weighted by atomic mass is 32.2. The van der Waals surface area contributed by atoms with Crippen LogP contribution in [-0.4, -0.2) is 26.4 Å². The molecule has 156 valence electrons. The molecule has 0 bridgehead atoms. The fourth-order valence-corrected chi connectivity index (χ4v) is 4.49. The molecular formula is C24H21N3O3S. The number of fused-ring (bicyclic) bond motifs is 1. The summed E-state index contributed by atoms with van der Waals surface area (Å²) < 4.78 is 27.4. The van der Waals surface area contributed by atoms with Gasteiger partial charge < -0.3 is 5.32 Å². The van der Waals surface area contributed by atoms with E-state index in [0.29, 0.717) is 16.9 Å². The van der Waals surface area contributed by atoms with Gasteiger partial charge in [-0.25, -0.2) is 8.42 Å². The minimum atomic E-state index is -3.83. The Morgan fingerprint density at radius 2 is 1.65 bits per heavy atom. The number of carbonyl (C=O) groups excluding carboxylic acids is 1. The van der Waals surface area contributed by atoms with Gasteiger partial charge in [-0.1, -0.05) is 42.0 Å². The van der Waals surface area contributed by atoms with Gasteiger partial charge in [-0.05, 0) is 49.4 Å². The lowest BCUT2D eigenvalue weighted by Crippen LogP contribution is -2.26. The molecule has 0 unspecified atom stereocenters. The van der Waals surface area contributed by atoms with Crippen molar-refractivity contribution in [3.63, 3.8) is 0 Å². The van der Waals surface area contributed by atoms with E-state index in [1.807, 2.05) is 43.3 Å². The van der Waals surface area contributed by atoms with Crippen LogP contribution in [0.15, 0.2) is 90.0 Å². The summed E-state index contributed by atoms with van der Waals surface area (Å²) in [7, 11) is -2.33. The lowest BCUT2D eigenvalue weighted by Gasteiger charge is -2.20. The van der Waals surface area contributed by atoms with Gasteiger partial charge in [-0.3, -0.25) is 14.1 Å². The van der Waals surface area contributed by atoms with Crippen LogP contribution in [0.4, 0.5) is 11.4 Å². The van der Waals surface area contributed by atoms with Crippen molar-refractivity contribution in [2.24, 2.45) is 0 Å². The molecule has 0 aliphatic carbocycles. The average Bonchev–Trinajstić information content (AvgIpc) is 2.79. The molecule has 0 aliphatic rings. The number of aromatic nitrogens is 1. The molecular weight excluding hydrogens is 410 g/mol. The highest BCUT2D eigenvalue weighted by molar-refractivity contribution is 7.92. The Bertz CT molecular complexity index is 1360. The van der Waals surface area contributed by atoms with Crippen LogP contribution >= 0.6 is 0 Å². The number of anilines is 2. The molecule has 0 atom stereocenters. The highest BCUT2D eigenvalue weighted by Crippen LogP contribution is 2.24. The van der Waals surface area contributed by atoms with Gasteiger partial charge in [0.05, 0.1) is 21.8 Å². The van der Waals surface area contributed by atoms with Gasteiger partial charge in [-0.2, -0.15) is 0 Å². The van der Waals surface area contributed by atoms with E-state index in [2.05, 4.69) is 10.3 Å². The number of hydrogen-bond donors (Lipinski definition) is 1. The van der Waals surface area contributed by atoms with Gasteiger partial charge in [0.2, 0.25) is 0 Å². The van der Waals surface area contributed by atoms with E-state index >= 15 is 0 Å². The zero-order chi connectivity index (χ0) is 22.0. The van der Waals surface area contributed by atoms with E-state index in [9.17, 15) is 13.2 Å². The molecule has 31 heavy (non-hydrogen) atoms. The smallest absolute Gasteiger partial charge is 0.264 e. The Hall–Kier alpha value is -3.71. The molecule has 1 aromatic heterocycles. The Morgan fingerprint density at radius 1 is 0.935 bits per heavy atom. The number of para-hydroxylation sites is 1. The fraction of sp³-hybridized carbons (Fsp3) is 0.0833. The standard InChI is InChI=1S/C24H21N3O3S/c1-17-11-13-20(14-12-17)27(2)31(29,30)21-9-3-7-19(16-21)24(28)26-22-10-4-6-18-8-5-15-25-23(18)22/h3-16H,1-2H3,(H,26,28). The molecule has 1 N–H and O–H groups in total. The van der Waals surface area contributed by atoms with Crippen molar-refractivity contribution < 1.29 is 13.2 Å². The number of aryl methyl sites for hydroxylation is 1. The first-order chi connectivity index (χ1) is 14.9. The summed E-state index contributed by atoms with van der Waals surface area (Å²) in [5.74, 6) is -0.409. The van der Waals surface area contributed by atoms with Gasteiger partial charge in [-0.15, -0.1) is 0 Å². The molecule has 7 heteroatoms. The van der Waals surface area contributed by atoms with E-state index in [-0.39, 0.29) is 10.5 Å². The zero-order valence-corrected chi connectivity index (χ0v) is 17.9. The van der Waals surface area contributed by atoms with E-state index in [1.165, 1.54) is 23.5 Å². The molecule has 0 fully saturated rings. The number of nitrogens with zero attached hydrogens (tertiary/aromatic N) is 2. The van der Waals surface area contributed by atoms with Crippen LogP contribution in [0.5, 0.6) is 0 Å². The molecule has 4 aromatic rings. The second-order valence-corrected chi connectivity index (χ2v) is 9.14. The van der Waals surface area contributed by atoms with Crippen molar-refractivity contribution in [1.82, 2.24) is 4.98 Å². The van der Waals surface area contributed by atoms with Crippen LogP contribution in [0.25, 0.3) is 10.9 Å². The van der Waals surface area contributed by atoms with Crippen molar-refractivity contribution in [3.8, 4) is 0 Å². The molecule has 0 aliphatic heterocycles. The number of pyridine rings is 1. The van der Waals surface area contributed by atoms with Crippen molar-refractivity contribution in [2.75, 3.05) is 16.7 Å². The van der Waals surface area contributed by atoms with Crippen molar-refractivity contribution in [3.05, 3.63) is 96.2 Å². The first kappa shape index (κ1) is 20.6. The van der Waals surface area contributed by atoms with Crippen molar-refractivity contribution in [1.29, 1.82) is 0 Å². The summed E-state index contributed by atoms with van der Waals surface area (Å²) in [6.07, 6.45) is 1.66. The largest absolute Gasteiger partial charge is 0.320 e. The summed E-state index contributed by atoms with van der Waals surface area (Å²) in [6.45, 7) is 1.94. The van der Waals surface area contributed by atoms with Crippen molar-refractivity contribution in [2.45, 2.75) is 11.8 Å². The van der Waals surface area contributed by atoms with Crippen LogP contribution in [0, 0.1) is 6.92 Å². The third-order valence-corrected chi connectivity index (χ3v) is 6.81. The monoisotopic (exact) mass is 431 g/mol. The molecule has 6 nitrogen and oxygen atoms in total. The maximum Gasteiger partial charge on any atom is 0.264 e. The second kappa shape index (κ2) is 8.20. The SMILES string of the molecule is Cc1ccc(N(C)S(=O)(=O)c2cccc(C(=O)Nc3cccc4cccnc34)c2)cc1. The molecule has 0 spiro atoms. The van der Waals surface area contributed by atoms with Gasteiger partial charge in [0.1, 0.15) is 0 Å². The van der Waals surface area contributed by atoms with Gasteiger partial charge in [0.15, 0.2) is 0 Å². The van der Waals surface area contributed by atoms with Crippen LogP contribution in [0.1, 0.15) is 15.9 Å². The normalized spacial score (nSPS) is 11.3. The zero-order valence-electron chi connectivity index (χ0n) is 17.1. The number of benzene rings is 3. The molecule has 1 amide bonds. The predicted octanol–water partition coefficient (Wildman–Crippen LogP) is 4.62. The summed E-state index contributed by atoms with van der Waals surface area (Å²) in [6, 6.07) is 22.4. The molecule has 0 saturated carbocycles. The summed E-state index contributed by atoms with van der Waals surface area (Å²) >= 11 is 0. The third kappa shape index (κ3) is 4.13. The molecule has 0 radical (unpaired) electrons. The van der Waals surface area contributed by atoms with Gasteiger partial charge >= 0.3 is 0 Å². The number of sulfonamides is 1. The van der Waals surface area contributed by atoms with Crippen LogP contribution in [-0.2, 0) is 10.0 Å². The molecule has 4 rings (SSSR count). The first-order valence-electron chi connectivity index (χ1n) is 9.67. The van der Waals surface area contributed by atoms with E-state index in [1.54, 1.807) is 36.5 Å². The minimum Gasteiger partial charge on any atom is -0.320 e. The Balaban J connectivity index is 1.63. The number of hydrogen-bond acceptors (Lipinski definition) is 4. The number of rotatable bonds is 5. The second-order valence-electron chi connectivity index (χ2n) is 7.17. The highest BCUT2D eigenvalue weighted by Gasteiger charge is 2.22. The Labute approximate surface area is 181 Å². The third-order valence-electron chi connectivity index (χ3n) is 5.03.